The summed E-state index contributed by atoms with van der Waals surface area (Å²) in [6, 6.07) is 13.4. The second-order valence-electron chi connectivity index (χ2n) is 5.07. The summed E-state index contributed by atoms with van der Waals surface area (Å²) in [6.45, 7) is 3.62. The number of nitro groups is 1. The number of anilines is 1. The van der Waals surface area contributed by atoms with Crippen LogP contribution in [0.4, 0.5) is 11.4 Å². The zero-order valence-corrected chi connectivity index (χ0v) is 13.0. The number of nitro benzene ring substituents is 1. The highest BCUT2D eigenvalue weighted by molar-refractivity contribution is 5.95. The van der Waals surface area contributed by atoms with Gasteiger partial charge < -0.3 is 10.1 Å². The van der Waals surface area contributed by atoms with Gasteiger partial charge in [0, 0.05) is 12.1 Å². The van der Waals surface area contributed by atoms with Crippen molar-refractivity contribution in [1.82, 2.24) is 0 Å². The number of benzene rings is 2. The fourth-order valence-electron chi connectivity index (χ4n) is 2.06. The molecule has 2 aromatic rings. The van der Waals surface area contributed by atoms with E-state index in [0.29, 0.717) is 17.9 Å². The molecule has 23 heavy (non-hydrogen) atoms. The largest absolute Gasteiger partial charge is 0.481 e. The minimum atomic E-state index is -0.670. The van der Waals surface area contributed by atoms with Crippen molar-refractivity contribution in [3.63, 3.8) is 0 Å². The fourth-order valence-corrected chi connectivity index (χ4v) is 2.06. The molecule has 0 unspecified atom stereocenters. The van der Waals surface area contributed by atoms with E-state index < -0.39 is 11.0 Å². The molecule has 2 aromatic carbocycles. The molecular formula is C17H18N2O4. The number of rotatable bonds is 6. The highest BCUT2D eigenvalue weighted by atomic mass is 16.6. The molecule has 0 saturated carbocycles. The Morgan fingerprint density at radius 1 is 1.26 bits per heavy atom. The van der Waals surface area contributed by atoms with Crippen LogP contribution in [0.5, 0.6) is 5.75 Å². The summed E-state index contributed by atoms with van der Waals surface area (Å²) in [5.74, 6) is 0.269. The van der Waals surface area contributed by atoms with E-state index in [0.717, 1.165) is 5.56 Å². The summed E-state index contributed by atoms with van der Waals surface area (Å²) in [7, 11) is 0. The number of nitrogens with zero attached hydrogens (tertiary/aromatic N) is 1. The summed E-state index contributed by atoms with van der Waals surface area (Å²) in [4.78, 5) is 22.7. The van der Waals surface area contributed by atoms with Gasteiger partial charge in [0.15, 0.2) is 6.10 Å². The third-order valence-electron chi connectivity index (χ3n) is 3.37. The van der Waals surface area contributed by atoms with Gasteiger partial charge in [-0.2, -0.15) is 0 Å². The predicted octanol–water partition coefficient (Wildman–Crippen LogP) is 3.70. The van der Waals surface area contributed by atoms with Gasteiger partial charge in [-0.05, 0) is 31.0 Å². The van der Waals surface area contributed by atoms with E-state index in [1.54, 1.807) is 25.1 Å². The van der Waals surface area contributed by atoms with Gasteiger partial charge in [-0.1, -0.05) is 31.2 Å². The van der Waals surface area contributed by atoms with Gasteiger partial charge in [0.05, 0.1) is 10.6 Å². The zero-order chi connectivity index (χ0) is 16.8. The quantitative estimate of drug-likeness (QED) is 0.651. The smallest absolute Gasteiger partial charge is 0.271 e. The normalized spacial score (nSPS) is 11.6. The van der Waals surface area contributed by atoms with E-state index in [4.69, 9.17) is 4.74 Å². The fraction of sp³-hybridized carbons (Fsp3) is 0.235. The SMILES string of the molecule is CC[C@@H](Oc1ccccc1)C(=O)Nc1cc([N+](=O)[O-])ccc1C. The molecule has 0 radical (unpaired) electrons. The standard InChI is InChI=1S/C17H18N2O4/c1-3-16(23-14-7-5-4-6-8-14)17(20)18-15-11-13(19(21)22)10-9-12(15)2/h4-11,16H,3H2,1-2H3,(H,18,20)/t16-/m1/s1. The highest BCUT2D eigenvalue weighted by Crippen LogP contribution is 2.22. The maximum Gasteiger partial charge on any atom is 0.271 e. The number of carbonyl (C=O) groups excluding carboxylic acids is 1. The van der Waals surface area contributed by atoms with Crippen LogP contribution in [0, 0.1) is 17.0 Å². The van der Waals surface area contributed by atoms with Gasteiger partial charge in [0.1, 0.15) is 5.75 Å². The van der Waals surface area contributed by atoms with Crippen LogP contribution in [0.1, 0.15) is 18.9 Å². The van der Waals surface area contributed by atoms with Crippen molar-refractivity contribution in [2.75, 3.05) is 5.32 Å². The summed E-state index contributed by atoms with van der Waals surface area (Å²) in [5, 5.41) is 13.6. The number of carbonyl (C=O) groups is 1. The Bertz CT molecular complexity index is 701. The average molecular weight is 314 g/mol. The number of ether oxygens (including phenoxy) is 1. The van der Waals surface area contributed by atoms with Gasteiger partial charge >= 0.3 is 0 Å². The number of hydrogen-bond acceptors (Lipinski definition) is 4. The van der Waals surface area contributed by atoms with Gasteiger partial charge in [-0.15, -0.1) is 0 Å². The summed E-state index contributed by atoms with van der Waals surface area (Å²) in [5.41, 5.74) is 1.10. The number of para-hydroxylation sites is 1. The Hall–Kier alpha value is -2.89. The van der Waals surface area contributed by atoms with Crippen molar-refractivity contribution in [1.29, 1.82) is 0 Å². The van der Waals surface area contributed by atoms with E-state index in [9.17, 15) is 14.9 Å². The number of amides is 1. The molecule has 1 amide bonds. The molecule has 1 atom stereocenters. The van der Waals surface area contributed by atoms with Crippen molar-refractivity contribution < 1.29 is 14.5 Å². The molecule has 120 valence electrons. The molecule has 2 rings (SSSR count). The van der Waals surface area contributed by atoms with Crippen molar-refractivity contribution in [2.45, 2.75) is 26.4 Å². The van der Waals surface area contributed by atoms with Gasteiger partial charge in [-0.25, -0.2) is 0 Å². The van der Waals surface area contributed by atoms with Gasteiger partial charge in [0.25, 0.3) is 11.6 Å². The van der Waals surface area contributed by atoms with Crippen LogP contribution < -0.4 is 10.1 Å². The molecule has 1 N–H and O–H groups in total. The van der Waals surface area contributed by atoms with Crippen molar-refractivity contribution >= 4 is 17.3 Å². The lowest BCUT2D eigenvalue weighted by Crippen LogP contribution is -2.32. The molecule has 0 aliphatic heterocycles. The monoisotopic (exact) mass is 314 g/mol. The first-order chi connectivity index (χ1) is 11.0. The van der Waals surface area contributed by atoms with Crippen molar-refractivity contribution in [2.24, 2.45) is 0 Å². The predicted molar refractivity (Wildman–Crippen MR) is 87.6 cm³/mol. The number of aryl methyl sites for hydroxylation is 1. The molecule has 0 aliphatic carbocycles. The lowest BCUT2D eigenvalue weighted by Gasteiger charge is -2.18. The Morgan fingerprint density at radius 3 is 2.57 bits per heavy atom. The molecule has 6 nitrogen and oxygen atoms in total. The number of hydrogen-bond donors (Lipinski definition) is 1. The van der Waals surface area contributed by atoms with E-state index in [2.05, 4.69) is 5.32 Å². The highest BCUT2D eigenvalue weighted by Gasteiger charge is 2.20. The number of non-ortho nitro benzene ring substituents is 1. The van der Waals surface area contributed by atoms with Crippen LogP contribution in [0.15, 0.2) is 48.5 Å². The minimum Gasteiger partial charge on any atom is -0.481 e. The number of nitrogens with one attached hydrogen (secondary N) is 1. The molecule has 0 saturated heterocycles. The summed E-state index contributed by atoms with van der Waals surface area (Å²) in [6.07, 6.45) is -0.189. The van der Waals surface area contributed by atoms with Crippen LogP contribution in [0.25, 0.3) is 0 Å². The molecule has 0 spiro atoms. The molecule has 6 heteroatoms. The second kappa shape index (κ2) is 7.40. The molecule has 0 heterocycles. The van der Waals surface area contributed by atoms with E-state index in [1.165, 1.54) is 12.1 Å². The van der Waals surface area contributed by atoms with Crippen molar-refractivity contribution in [3.8, 4) is 5.75 Å². The first kappa shape index (κ1) is 16.5. The first-order valence-corrected chi connectivity index (χ1v) is 7.29. The average Bonchev–Trinajstić information content (AvgIpc) is 2.55. The Labute approximate surface area is 134 Å². The maximum absolute atomic E-state index is 12.4. The van der Waals surface area contributed by atoms with Gasteiger partial charge in [-0.3, -0.25) is 14.9 Å². The van der Waals surface area contributed by atoms with Crippen LogP contribution in [0.3, 0.4) is 0 Å². The second-order valence-corrected chi connectivity index (χ2v) is 5.07. The zero-order valence-electron chi connectivity index (χ0n) is 13.0. The van der Waals surface area contributed by atoms with Crippen molar-refractivity contribution in [3.05, 3.63) is 64.2 Å². The van der Waals surface area contributed by atoms with Crippen LogP contribution in [0.2, 0.25) is 0 Å². The van der Waals surface area contributed by atoms with E-state index >= 15 is 0 Å². The minimum absolute atomic E-state index is 0.0667. The molecule has 0 bridgehead atoms. The lowest BCUT2D eigenvalue weighted by molar-refractivity contribution is -0.384. The van der Waals surface area contributed by atoms with Gasteiger partial charge in [0.2, 0.25) is 0 Å². The Kier molecular flexibility index (Phi) is 5.30. The third-order valence-corrected chi connectivity index (χ3v) is 3.37. The topological polar surface area (TPSA) is 81.5 Å². The molecule has 0 fully saturated rings. The molecule has 0 aliphatic rings. The first-order valence-electron chi connectivity index (χ1n) is 7.29. The lowest BCUT2D eigenvalue weighted by atomic mass is 10.1. The molecule has 0 aromatic heterocycles. The summed E-state index contributed by atoms with van der Waals surface area (Å²) < 4.78 is 5.67. The third kappa shape index (κ3) is 4.29. The summed E-state index contributed by atoms with van der Waals surface area (Å²) >= 11 is 0. The Morgan fingerprint density at radius 2 is 1.96 bits per heavy atom. The Balaban J connectivity index is 2.13. The van der Waals surface area contributed by atoms with Crippen LogP contribution in [-0.2, 0) is 4.79 Å². The van der Waals surface area contributed by atoms with E-state index in [1.807, 2.05) is 25.1 Å². The van der Waals surface area contributed by atoms with Crippen LogP contribution in [-0.4, -0.2) is 16.9 Å². The maximum atomic E-state index is 12.4. The van der Waals surface area contributed by atoms with E-state index in [-0.39, 0.29) is 11.6 Å². The molecular weight excluding hydrogens is 296 g/mol. The van der Waals surface area contributed by atoms with Crippen LogP contribution >= 0.6 is 0 Å².